The van der Waals surface area contributed by atoms with Crippen LogP contribution in [0.1, 0.15) is 23.7 Å². The summed E-state index contributed by atoms with van der Waals surface area (Å²) in [5.74, 6) is -1.74. The number of aromatic nitrogens is 2. The predicted octanol–water partition coefficient (Wildman–Crippen LogP) is 4.34. The normalized spacial score (nSPS) is 19.2. The summed E-state index contributed by atoms with van der Waals surface area (Å²) in [5.41, 5.74) is 1.58. The molecule has 0 aliphatic heterocycles. The van der Waals surface area contributed by atoms with Crippen molar-refractivity contribution in [3.8, 4) is 0 Å². The first kappa shape index (κ1) is 19.9. The fourth-order valence-electron chi connectivity index (χ4n) is 2.41. The maximum atomic E-state index is 12.6. The number of carbonyl (C=O) groups is 1. The van der Waals surface area contributed by atoms with Gasteiger partial charge in [0.25, 0.3) is 0 Å². The van der Waals surface area contributed by atoms with Gasteiger partial charge in [0.15, 0.2) is 5.82 Å². The molecular formula is C18H15ClF3N3O3. The smallest absolute Gasteiger partial charge is 0.445 e. The molecule has 0 bridgehead atoms. The third kappa shape index (κ3) is 4.92. The average molecular weight is 414 g/mol. The lowest BCUT2D eigenvalue weighted by atomic mass is 9.95. The summed E-state index contributed by atoms with van der Waals surface area (Å²) >= 11 is 6.31. The van der Waals surface area contributed by atoms with Crippen molar-refractivity contribution in [2.24, 2.45) is 0 Å². The van der Waals surface area contributed by atoms with Crippen LogP contribution in [-0.2, 0) is 22.3 Å². The van der Waals surface area contributed by atoms with Gasteiger partial charge < -0.3 is 14.6 Å². The van der Waals surface area contributed by atoms with E-state index in [9.17, 15) is 18.0 Å². The number of halogens is 4. The minimum atomic E-state index is -4.74. The molecule has 6 nitrogen and oxygen atoms in total. The summed E-state index contributed by atoms with van der Waals surface area (Å²) < 4.78 is 47.1. The van der Waals surface area contributed by atoms with Crippen molar-refractivity contribution in [2.75, 3.05) is 6.61 Å². The van der Waals surface area contributed by atoms with Gasteiger partial charge in [0, 0.05) is 6.54 Å². The Kier molecular flexibility index (Phi) is 5.73. The number of hydrogen-bond donors (Lipinski definition) is 1. The second kappa shape index (κ2) is 8.05. The minimum Gasteiger partial charge on any atom is -0.445 e. The molecule has 28 heavy (non-hydrogen) atoms. The van der Waals surface area contributed by atoms with Gasteiger partial charge in [-0.1, -0.05) is 53.7 Å². The van der Waals surface area contributed by atoms with E-state index in [4.69, 9.17) is 16.3 Å². The first-order valence-electron chi connectivity index (χ1n) is 8.19. The second-order valence-corrected chi connectivity index (χ2v) is 6.69. The quantitative estimate of drug-likeness (QED) is 0.738. The largest absolute Gasteiger partial charge is 0.471 e. The van der Waals surface area contributed by atoms with Gasteiger partial charge in [0.2, 0.25) is 0 Å². The standard InChI is InChI=1S/C18H15ClF3N3O3/c19-17(14-24-15(28-25-14)18(20,21)22)8-6-13(7-9-17)11-27-16(26)23-10-12-4-2-1-3-5-12/h1-8H,9-11H2,(H,23,26). The molecule has 0 radical (unpaired) electrons. The Morgan fingerprint density at radius 1 is 1.32 bits per heavy atom. The molecule has 1 aliphatic rings. The third-order valence-electron chi connectivity index (χ3n) is 3.91. The molecule has 3 rings (SSSR count). The van der Waals surface area contributed by atoms with Gasteiger partial charge in [-0.15, -0.1) is 11.6 Å². The lowest BCUT2D eigenvalue weighted by Crippen LogP contribution is -2.25. The molecule has 0 fully saturated rings. The van der Waals surface area contributed by atoms with Crippen molar-refractivity contribution in [1.29, 1.82) is 0 Å². The molecule has 1 N–H and O–H groups in total. The first-order valence-corrected chi connectivity index (χ1v) is 8.57. The fraction of sp³-hybridized carbons (Fsp3) is 0.278. The third-order valence-corrected chi connectivity index (χ3v) is 4.36. The highest BCUT2D eigenvalue weighted by Crippen LogP contribution is 2.38. The summed E-state index contributed by atoms with van der Waals surface area (Å²) in [6.45, 7) is 0.322. The summed E-state index contributed by atoms with van der Waals surface area (Å²) in [7, 11) is 0. The topological polar surface area (TPSA) is 77.2 Å². The van der Waals surface area contributed by atoms with Crippen LogP contribution in [0.4, 0.5) is 18.0 Å². The summed E-state index contributed by atoms with van der Waals surface area (Å²) in [6, 6.07) is 9.34. The van der Waals surface area contributed by atoms with E-state index in [0.717, 1.165) is 5.56 Å². The van der Waals surface area contributed by atoms with E-state index in [0.29, 0.717) is 12.1 Å². The van der Waals surface area contributed by atoms with Crippen LogP contribution in [0.2, 0.25) is 0 Å². The highest BCUT2D eigenvalue weighted by Gasteiger charge is 2.41. The van der Waals surface area contributed by atoms with Crippen LogP contribution < -0.4 is 5.32 Å². The Bertz CT molecular complexity index is 896. The lowest BCUT2D eigenvalue weighted by molar-refractivity contribution is -0.159. The van der Waals surface area contributed by atoms with Crippen molar-refractivity contribution in [1.82, 2.24) is 15.5 Å². The van der Waals surface area contributed by atoms with Gasteiger partial charge in [0.1, 0.15) is 11.5 Å². The molecule has 1 amide bonds. The van der Waals surface area contributed by atoms with E-state index in [-0.39, 0.29) is 18.9 Å². The Morgan fingerprint density at radius 2 is 2.07 bits per heavy atom. The van der Waals surface area contributed by atoms with Crippen LogP contribution >= 0.6 is 11.6 Å². The molecular weight excluding hydrogens is 399 g/mol. The summed E-state index contributed by atoms with van der Waals surface area (Å²) in [5, 5.41) is 5.94. The molecule has 1 unspecified atom stereocenters. The molecule has 0 saturated carbocycles. The van der Waals surface area contributed by atoms with Crippen LogP contribution in [0, 0.1) is 0 Å². The van der Waals surface area contributed by atoms with Crippen molar-refractivity contribution in [2.45, 2.75) is 24.0 Å². The van der Waals surface area contributed by atoms with Crippen LogP contribution in [0.5, 0.6) is 0 Å². The summed E-state index contributed by atoms with van der Waals surface area (Å²) in [6.07, 6.45) is -0.578. The number of allylic oxidation sites excluding steroid dienone is 2. The molecule has 1 aromatic carbocycles. The van der Waals surface area contributed by atoms with Crippen molar-refractivity contribution in [3.05, 3.63) is 71.4 Å². The van der Waals surface area contributed by atoms with Crippen molar-refractivity contribution in [3.63, 3.8) is 0 Å². The molecule has 1 aliphatic carbocycles. The van der Waals surface area contributed by atoms with Gasteiger partial charge in [-0.05, 0) is 17.6 Å². The highest BCUT2D eigenvalue weighted by molar-refractivity contribution is 6.25. The molecule has 0 saturated heterocycles. The molecule has 1 aromatic heterocycles. The van der Waals surface area contributed by atoms with Gasteiger partial charge in [-0.3, -0.25) is 0 Å². The monoisotopic (exact) mass is 413 g/mol. The van der Waals surface area contributed by atoms with Crippen LogP contribution in [-0.4, -0.2) is 22.8 Å². The van der Waals surface area contributed by atoms with E-state index in [1.54, 1.807) is 12.2 Å². The molecule has 1 atom stereocenters. The molecule has 10 heteroatoms. The second-order valence-electron chi connectivity index (χ2n) is 6.02. The average Bonchev–Trinajstić information content (AvgIpc) is 3.18. The van der Waals surface area contributed by atoms with Crippen molar-refractivity contribution >= 4 is 17.7 Å². The zero-order valence-corrected chi connectivity index (χ0v) is 15.1. The number of nitrogens with one attached hydrogen (secondary N) is 1. The molecule has 148 valence electrons. The van der Waals surface area contributed by atoms with Gasteiger partial charge in [-0.2, -0.15) is 18.2 Å². The first-order chi connectivity index (χ1) is 13.3. The van der Waals surface area contributed by atoms with E-state index >= 15 is 0 Å². The Balaban J connectivity index is 1.50. The molecule has 2 aromatic rings. The predicted molar refractivity (Wildman–Crippen MR) is 93.3 cm³/mol. The lowest BCUT2D eigenvalue weighted by Gasteiger charge is -2.21. The number of amides is 1. The number of alkyl halides is 4. The van der Waals surface area contributed by atoms with E-state index in [2.05, 4.69) is 20.0 Å². The molecule has 0 spiro atoms. The number of carbonyl (C=O) groups excluding carboxylic acids is 1. The maximum Gasteiger partial charge on any atom is 0.471 e. The van der Waals surface area contributed by atoms with E-state index in [1.165, 1.54) is 6.08 Å². The number of hydrogen-bond acceptors (Lipinski definition) is 5. The SMILES string of the molecule is O=C(NCc1ccccc1)OCC1=CCC(Cl)(c2noc(C(F)(F)F)n2)C=C1. The number of nitrogens with zero attached hydrogens (tertiary/aromatic N) is 2. The highest BCUT2D eigenvalue weighted by atomic mass is 35.5. The maximum absolute atomic E-state index is 12.6. The minimum absolute atomic E-state index is 0.00978. The van der Waals surface area contributed by atoms with Crippen LogP contribution in [0.25, 0.3) is 0 Å². The van der Waals surface area contributed by atoms with E-state index < -0.39 is 23.0 Å². The zero-order valence-electron chi connectivity index (χ0n) is 14.4. The number of ether oxygens (including phenoxy) is 1. The molecule has 1 heterocycles. The van der Waals surface area contributed by atoms with Gasteiger partial charge in [-0.25, -0.2) is 4.79 Å². The Morgan fingerprint density at radius 3 is 2.68 bits per heavy atom. The number of benzene rings is 1. The Labute approximate surface area is 163 Å². The van der Waals surface area contributed by atoms with Crippen LogP contribution in [0.15, 0.2) is 58.7 Å². The Hall–Kier alpha value is -2.81. The van der Waals surface area contributed by atoms with Crippen LogP contribution in [0.3, 0.4) is 0 Å². The fourth-order valence-corrected chi connectivity index (χ4v) is 2.62. The summed E-state index contributed by atoms with van der Waals surface area (Å²) in [4.78, 5) is 13.7. The van der Waals surface area contributed by atoms with Crippen molar-refractivity contribution < 1.29 is 27.2 Å². The number of alkyl carbamates (subject to hydrolysis) is 1. The van der Waals surface area contributed by atoms with Gasteiger partial charge in [0.05, 0.1) is 0 Å². The van der Waals surface area contributed by atoms with E-state index in [1.807, 2.05) is 30.3 Å². The van der Waals surface area contributed by atoms with Gasteiger partial charge >= 0.3 is 18.2 Å². The zero-order chi connectivity index (χ0) is 20.2. The number of rotatable bonds is 5.